The van der Waals surface area contributed by atoms with E-state index in [2.05, 4.69) is 0 Å². The molecule has 2 aromatic rings. The molecule has 3 N–H and O–H groups in total. The van der Waals surface area contributed by atoms with Crippen molar-refractivity contribution in [1.29, 1.82) is 0 Å². The standard InChI is InChI=1S/C22H26O9/c1-27-15-5-11(6-16(28-2)20(15)25)19(24)14-10-31-22(13(14)9-23)12-7-17(29-3)21(26)18(8-12)30-4/h5-8,13-14,22-23,25-26H,9-10H2,1-4H3. The van der Waals surface area contributed by atoms with Crippen molar-refractivity contribution in [3.05, 3.63) is 35.4 Å². The lowest BCUT2D eigenvalue weighted by atomic mass is 9.83. The maximum absolute atomic E-state index is 13.3. The van der Waals surface area contributed by atoms with Crippen molar-refractivity contribution in [2.75, 3.05) is 41.7 Å². The monoisotopic (exact) mass is 434 g/mol. The van der Waals surface area contributed by atoms with E-state index in [9.17, 15) is 20.1 Å². The van der Waals surface area contributed by atoms with Crippen LogP contribution in [0.2, 0.25) is 0 Å². The number of aromatic hydroxyl groups is 2. The minimum atomic E-state index is -0.653. The van der Waals surface area contributed by atoms with Crippen LogP contribution in [0.4, 0.5) is 0 Å². The van der Waals surface area contributed by atoms with Gasteiger partial charge in [0.1, 0.15) is 0 Å². The van der Waals surface area contributed by atoms with Crippen LogP contribution < -0.4 is 18.9 Å². The van der Waals surface area contributed by atoms with Gasteiger partial charge in [-0.1, -0.05) is 0 Å². The number of hydrogen-bond acceptors (Lipinski definition) is 9. The summed E-state index contributed by atoms with van der Waals surface area (Å²) in [6.07, 6.45) is -0.622. The fourth-order valence-corrected chi connectivity index (χ4v) is 3.83. The van der Waals surface area contributed by atoms with E-state index in [-0.39, 0.29) is 59.1 Å². The molecule has 0 saturated carbocycles. The molecule has 0 amide bonds. The summed E-state index contributed by atoms with van der Waals surface area (Å²) in [6, 6.07) is 6.03. The van der Waals surface area contributed by atoms with E-state index in [4.69, 9.17) is 23.7 Å². The zero-order valence-corrected chi connectivity index (χ0v) is 17.7. The second-order valence-corrected chi connectivity index (χ2v) is 7.07. The molecule has 1 heterocycles. The third kappa shape index (κ3) is 4.06. The van der Waals surface area contributed by atoms with Gasteiger partial charge in [-0.15, -0.1) is 0 Å². The number of phenols is 2. The van der Waals surface area contributed by atoms with E-state index < -0.39 is 17.9 Å². The number of hydrogen-bond donors (Lipinski definition) is 3. The number of ketones is 1. The molecule has 1 fully saturated rings. The van der Waals surface area contributed by atoms with Crippen molar-refractivity contribution in [1.82, 2.24) is 0 Å². The number of phenolic OH excluding ortho intramolecular Hbond substituents is 2. The second-order valence-electron chi connectivity index (χ2n) is 7.07. The van der Waals surface area contributed by atoms with Gasteiger partial charge in [0.2, 0.25) is 11.5 Å². The first kappa shape index (κ1) is 22.5. The number of carbonyl (C=O) groups is 1. The number of carbonyl (C=O) groups excluding carboxylic acids is 1. The van der Waals surface area contributed by atoms with E-state index in [1.54, 1.807) is 12.1 Å². The largest absolute Gasteiger partial charge is 0.502 e. The fourth-order valence-electron chi connectivity index (χ4n) is 3.83. The number of benzene rings is 2. The van der Waals surface area contributed by atoms with Crippen molar-refractivity contribution in [2.45, 2.75) is 6.10 Å². The van der Waals surface area contributed by atoms with Gasteiger partial charge in [0.15, 0.2) is 28.8 Å². The SMILES string of the molecule is COc1cc(C(=O)C2COC(c3cc(OC)c(O)c(OC)c3)C2CO)cc(OC)c1O. The van der Waals surface area contributed by atoms with E-state index in [1.165, 1.54) is 40.6 Å². The Kier molecular flexibility index (Phi) is 6.77. The highest BCUT2D eigenvalue weighted by Crippen LogP contribution is 2.46. The van der Waals surface area contributed by atoms with E-state index in [0.717, 1.165) is 0 Å². The number of Topliss-reactive ketones (excluding diaryl/α,β-unsaturated/α-hetero) is 1. The molecule has 0 radical (unpaired) electrons. The van der Waals surface area contributed by atoms with Crippen LogP contribution >= 0.6 is 0 Å². The molecular formula is C22H26O9. The van der Waals surface area contributed by atoms with Crippen LogP contribution in [0.3, 0.4) is 0 Å². The topological polar surface area (TPSA) is 124 Å². The summed E-state index contributed by atoms with van der Waals surface area (Å²) in [5.41, 5.74) is 0.863. The zero-order valence-electron chi connectivity index (χ0n) is 17.7. The lowest BCUT2D eigenvalue weighted by molar-refractivity contribution is 0.0711. The predicted molar refractivity (Wildman–Crippen MR) is 110 cm³/mol. The molecular weight excluding hydrogens is 408 g/mol. The summed E-state index contributed by atoms with van der Waals surface area (Å²) in [4.78, 5) is 13.3. The third-order valence-electron chi connectivity index (χ3n) is 5.50. The van der Waals surface area contributed by atoms with Crippen molar-refractivity contribution in [3.63, 3.8) is 0 Å². The lowest BCUT2D eigenvalue weighted by Gasteiger charge is -2.22. The van der Waals surface area contributed by atoms with Gasteiger partial charge in [-0.25, -0.2) is 0 Å². The molecule has 1 aliphatic heterocycles. The Labute approximate surface area is 179 Å². The highest BCUT2D eigenvalue weighted by molar-refractivity contribution is 5.99. The Morgan fingerprint density at radius 3 is 1.77 bits per heavy atom. The fraction of sp³-hybridized carbons (Fsp3) is 0.409. The van der Waals surface area contributed by atoms with Crippen LogP contribution in [0, 0.1) is 11.8 Å². The first-order chi connectivity index (χ1) is 14.9. The highest BCUT2D eigenvalue weighted by atomic mass is 16.5. The van der Waals surface area contributed by atoms with Gasteiger partial charge < -0.3 is 39.0 Å². The maximum Gasteiger partial charge on any atom is 0.200 e. The van der Waals surface area contributed by atoms with Crippen molar-refractivity contribution in [2.24, 2.45) is 11.8 Å². The Bertz CT molecular complexity index is 906. The van der Waals surface area contributed by atoms with Crippen LogP contribution in [0.15, 0.2) is 24.3 Å². The lowest BCUT2D eigenvalue weighted by Crippen LogP contribution is -2.26. The predicted octanol–water partition coefficient (Wildman–Crippen LogP) is 2.31. The molecule has 0 aromatic heterocycles. The van der Waals surface area contributed by atoms with Crippen molar-refractivity contribution < 1.29 is 43.8 Å². The van der Waals surface area contributed by atoms with Gasteiger partial charge in [-0.05, 0) is 29.8 Å². The molecule has 2 aromatic carbocycles. The average Bonchev–Trinajstić information content (AvgIpc) is 3.23. The number of aliphatic hydroxyl groups excluding tert-OH is 1. The molecule has 0 bridgehead atoms. The van der Waals surface area contributed by atoms with Crippen LogP contribution in [0.25, 0.3) is 0 Å². The van der Waals surface area contributed by atoms with Crippen molar-refractivity contribution in [3.8, 4) is 34.5 Å². The smallest absolute Gasteiger partial charge is 0.200 e. The Balaban J connectivity index is 1.95. The summed E-state index contributed by atoms with van der Waals surface area (Å²) >= 11 is 0. The number of aliphatic hydroxyl groups is 1. The Morgan fingerprint density at radius 1 is 0.903 bits per heavy atom. The molecule has 9 nitrogen and oxygen atoms in total. The van der Waals surface area contributed by atoms with Gasteiger partial charge in [-0.3, -0.25) is 4.79 Å². The molecule has 31 heavy (non-hydrogen) atoms. The molecule has 168 valence electrons. The van der Waals surface area contributed by atoms with E-state index >= 15 is 0 Å². The van der Waals surface area contributed by atoms with Crippen LogP contribution in [0.5, 0.6) is 34.5 Å². The van der Waals surface area contributed by atoms with Crippen LogP contribution in [0.1, 0.15) is 22.0 Å². The summed E-state index contributed by atoms with van der Waals surface area (Å²) in [7, 11) is 5.57. The summed E-state index contributed by atoms with van der Waals surface area (Å²) in [5, 5.41) is 30.3. The minimum absolute atomic E-state index is 0.0751. The Hall–Kier alpha value is -3.17. The molecule has 0 spiro atoms. The van der Waals surface area contributed by atoms with Crippen LogP contribution in [-0.2, 0) is 4.74 Å². The first-order valence-electron chi connectivity index (χ1n) is 9.56. The first-order valence-corrected chi connectivity index (χ1v) is 9.56. The summed E-state index contributed by atoms with van der Waals surface area (Å²) < 4.78 is 26.5. The van der Waals surface area contributed by atoms with Gasteiger partial charge in [-0.2, -0.15) is 0 Å². The zero-order chi connectivity index (χ0) is 22.7. The van der Waals surface area contributed by atoms with Gasteiger partial charge in [0.25, 0.3) is 0 Å². The molecule has 3 rings (SSSR count). The third-order valence-corrected chi connectivity index (χ3v) is 5.50. The quantitative estimate of drug-likeness (QED) is 0.537. The Morgan fingerprint density at radius 2 is 1.35 bits per heavy atom. The maximum atomic E-state index is 13.3. The van der Waals surface area contributed by atoms with Gasteiger partial charge >= 0.3 is 0 Å². The van der Waals surface area contributed by atoms with E-state index in [1.807, 2.05) is 0 Å². The molecule has 3 unspecified atom stereocenters. The number of rotatable bonds is 8. The molecule has 3 atom stereocenters. The number of methoxy groups -OCH3 is 4. The molecule has 9 heteroatoms. The van der Waals surface area contributed by atoms with Gasteiger partial charge in [0, 0.05) is 18.1 Å². The molecule has 0 aliphatic carbocycles. The molecule has 1 saturated heterocycles. The summed E-state index contributed by atoms with van der Waals surface area (Å²) in [5.74, 6) is -1.26. The average molecular weight is 434 g/mol. The highest BCUT2D eigenvalue weighted by Gasteiger charge is 2.42. The second kappa shape index (κ2) is 9.32. The normalized spacial score (nSPS) is 20.4. The minimum Gasteiger partial charge on any atom is -0.502 e. The van der Waals surface area contributed by atoms with E-state index in [0.29, 0.717) is 5.56 Å². The summed E-state index contributed by atoms with van der Waals surface area (Å²) in [6.45, 7) is -0.231. The van der Waals surface area contributed by atoms with Crippen LogP contribution in [-0.4, -0.2) is 62.8 Å². The van der Waals surface area contributed by atoms with Crippen molar-refractivity contribution >= 4 is 5.78 Å². The number of ether oxygens (including phenoxy) is 5. The molecule has 1 aliphatic rings. The van der Waals surface area contributed by atoms with Gasteiger partial charge in [0.05, 0.1) is 47.1 Å².